The zero-order valence-electron chi connectivity index (χ0n) is 19.8. The first-order chi connectivity index (χ1) is 16.1. The van der Waals surface area contributed by atoms with Gasteiger partial charge in [-0.3, -0.25) is 4.79 Å². The van der Waals surface area contributed by atoms with Crippen molar-refractivity contribution in [3.8, 4) is 5.75 Å². The number of carbonyl (C=O) groups excluding carboxylic acids is 1. The Balaban J connectivity index is 1.89. The van der Waals surface area contributed by atoms with Gasteiger partial charge in [0.1, 0.15) is 5.75 Å². The maximum Gasteiger partial charge on any atom is 0.244 e. The molecule has 0 radical (unpaired) electrons. The molecular weight excluding hydrogens is 472 g/mol. The summed E-state index contributed by atoms with van der Waals surface area (Å²) in [6.07, 6.45) is 0. The first kappa shape index (κ1) is 25.7. The highest BCUT2D eigenvalue weighted by Crippen LogP contribution is 2.27. The number of para-hydroxylation sites is 1. The number of methoxy groups -OCH3 is 1. The SMILES string of the molecule is COc1ccccc1CNC(=O)CN(Cc1ccc(Cl)cc1)S(=O)(=O)c1c(C)cc(C)cc1C. The van der Waals surface area contributed by atoms with Crippen molar-refractivity contribution >= 4 is 27.5 Å². The van der Waals surface area contributed by atoms with Crippen LogP contribution in [-0.4, -0.2) is 32.3 Å². The van der Waals surface area contributed by atoms with Crippen molar-refractivity contribution < 1.29 is 17.9 Å². The lowest BCUT2D eigenvalue weighted by Crippen LogP contribution is -2.40. The molecule has 6 nitrogen and oxygen atoms in total. The molecule has 0 aliphatic carbocycles. The second kappa shape index (κ2) is 11.0. The van der Waals surface area contributed by atoms with Crippen LogP contribution in [0.25, 0.3) is 0 Å². The summed E-state index contributed by atoms with van der Waals surface area (Å²) in [5.74, 6) is 0.241. The summed E-state index contributed by atoms with van der Waals surface area (Å²) in [5.41, 5.74) is 3.80. The number of halogens is 1. The fraction of sp³-hybridized carbons (Fsp3) is 0.269. The maximum absolute atomic E-state index is 13.8. The molecule has 0 fully saturated rings. The Morgan fingerprint density at radius 3 is 2.24 bits per heavy atom. The third-order valence-electron chi connectivity index (χ3n) is 5.46. The molecule has 0 bridgehead atoms. The van der Waals surface area contributed by atoms with Crippen LogP contribution in [0.4, 0.5) is 0 Å². The molecule has 3 aromatic rings. The smallest absolute Gasteiger partial charge is 0.244 e. The van der Waals surface area contributed by atoms with Crippen LogP contribution in [0, 0.1) is 20.8 Å². The molecule has 1 N–H and O–H groups in total. The summed E-state index contributed by atoms with van der Waals surface area (Å²) in [5, 5.41) is 3.37. The lowest BCUT2D eigenvalue weighted by Gasteiger charge is -2.24. The Morgan fingerprint density at radius 1 is 1.00 bits per heavy atom. The van der Waals surface area contributed by atoms with E-state index in [4.69, 9.17) is 16.3 Å². The molecule has 180 valence electrons. The molecule has 1 amide bonds. The Hall–Kier alpha value is -2.87. The lowest BCUT2D eigenvalue weighted by atomic mass is 10.1. The minimum Gasteiger partial charge on any atom is -0.496 e. The van der Waals surface area contributed by atoms with E-state index in [9.17, 15) is 13.2 Å². The molecule has 0 aliphatic rings. The average molecular weight is 501 g/mol. The fourth-order valence-electron chi connectivity index (χ4n) is 3.98. The van der Waals surface area contributed by atoms with E-state index < -0.39 is 15.9 Å². The number of hydrogen-bond donors (Lipinski definition) is 1. The van der Waals surface area contributed by atoms with Gasteiger partial charge < -0.3 is 10.1 Å². The predicted molar refractivity (Wildman–Crippen MR) is 135 cm³/mol. The number of rotatable bonds is 9. The summed E-state index contributed by atoms with van der Waals surface area (Å²) < 4.78 is 34.1. The highest BCUT2D eigenvalue weighted by Gasteiger charge is 2.30. The third kappa shape index (κ3) is 6.17. The monoisotopic (exact) mass is 500 g/mol. The first-order valence-electron chi connectivity index (χ1n) is 10.8. The third-order valence-corrected chi connectivity index (χ3v) is 7.81. The molecule has 8 heteroatoms. The van der Waals surface area contributed by atoms with Gasteiger partial charge in [0, 0.05) is 23.7 Å². The lowest BCUT2D eigenvalue weighted by molar-refractivity contribution is -0.121. The van der Waals surface area contributed by atoms with Crippen molar-refractivity contribution in [2.45, 2.75) is 38.8 Å². The van der Waals surface area contributed by atoms with E-state index in [2.05, 4.69) is 5.32 Å². The number of aryl methyl sites for hydroxylation is 3. The van der Waals surface area contributed by atoms with Gasteiger partial charge in [0.25, 0.3) is 0 Å². The van der Waals surface area contributed by atoms with Crippen LogP contribution in [0.1, 0.15) is 27.8 Å². The van der Waals surface area contributed by atoms with Crippen LogP contribution >= 0.6 is 11.6 Å². The summed E-state index contributed by atoms with van der Waals surface area (Å²) in [6, 6.07) is 17.9. The van der Waals surface area contributed by atoms with E-state index in [1.54, 1.807) is 45.2 Å². The minimum absolute atomic E-state index is 0.0360. The molecule has 0 saturated heterocycles. The number of carbonyl (C=O) groups is 1. The fourth-order valence-corrected chi connectivity index (χ4v) is 5.90. The topological polar surface area (TPSA) is 75.7 Å². The second-order valence-electron chi connectivity index (χ2n) is 8.22. The molecule has 0 saturated carbocycles. The Labute approximate surface area is 206 Å². The van der Waals surface area contributed by atoms with Crippen LogP contribution in [0.15, 0.2) is 65.6 Å². The summed E-state index contributed by atoms with van der Waals surface area (Å²) in [7, 11) is -2.40. The predicted octanol–water partition coefficient (Wildman–Crippen LogP) is 4.78. The van der Waals surface area contributed by atoms with Crippen LogP contribution in [0.5, 0.6) is 5.75 Å². The largest absolute Gasteiger partial charge is 0.496 e. The molecule has 0 aliphatic heterocycles. The highest BCUT2D eigenvalue weighted by atomic mass is 35.5. The van der Waals surface area contributed by atoms with Crippen molar-refractivity contribution in [3.05, 3.63) is 93.5 Å². The van der Waals surface area contributed by atoms with E-state index >= 15 is 0 Å². The molecule has 34 heavy (non-hydrogen) atoms. The molecule has 0 atom stereocenters. The van der Waals surface area contributed by atoms with Gasteiger partial charge in [0.2, 0.25) is 15.9 Å². The van der Waals surface area contributed by atoms with Crippen molar-refractivity contribution in [1.29, 1.82) is 0 Å². The summed E-state index contributed by atoms with van der Waals surface area (Å²) in [4.78, 5) is 13.1. The van der Waals surface area contributed by atoms with Crippen LogP contribution < -0.4 is 10.1 Å². The van der Waals surface area contributed by atoms with Gasteiger partial charge >= 0.3 is 0 Å². The molecule has 0 heterocycles. The van der Waals surface area contributed by atoms with Crippen molar-refractivity contribution in [2.24, 2.45) is 0 Å². The Kier molecular flexibility index (Phi) is 8.36. The maximum atomic E-state index is 13.8. The normalized spacial score (nSPS) is 11.5. The minimum atomic E-state index is -3.96. The number of hydrogen-bond acceptors (Lipinski definition) is 4. The second-order valence-corrected chi connectivity index (χ2v) is 10.5. The van der Waals surface area contributed by atoms with Gasteiger partial charge in [0.05, 0.1) is 18.6 Å². The standard InChI is InChI=1S/C26H29ClN2O4S/c1-18-13-19(2)26(20(3)14-18)34(31,32)29(16-21-9-11-23(27)12-10-21)17-25(30)28-15-22-7-5-6-8-24(22)33-4/h5-14H,15-17H2,1-4H3,(H,28,30). The zero-order valence-corrected chi connectivity index (χ0v) is 21.3. The molecule has 3 aromatic carbocycles. The molecule has 0 unspecified atom stereocenters. The first-order valence-corrected chi connectivity index (χ1v) is 12.6. The van der Waals surface area contributed by atoms with Gasteiger partial charge in [-0.15, -0.1) is 0 Å². The molecule has 3 rings (SSSR count). The van der Waals surface area contributed by atoms with E-state index in [0.29, 0.717) is 21.9 Å². The molecule has 0 spiro atoms. The van der Waals surface area contributed by atoms with Gasteiger partial charge in [-0.1, -0.05) is 59.6 Å². The van der Waals surface area contributed by atoms with Crippen molar-refractivity contribution in [1.82, 2.24) is 9.62 Å². The van der Waals surface area contributed by atoms with E-state index in [0.717, 1.165) is 16.7 Å². The van der Waals surface area contributed by atoms with Crippen LogP contribution in [-0.2, 0) is 27.9 Å². The number of ether oxygens (including phenoxy) is 1. The van der Waals surface area contributed by atoms with Gasteiger partial charge in [-0.2, -0.15) is 4.31 Å². The number of sulfonamides is 1. The van der Waals surface area contributed by atoms with Crippen molar-refractivity contribution in [2.75, 3.05) is 13.7 Å². The molecular formula is C26H29ClN2O4S. The van der Waals surface area contributed by atoms with E-state index in [-0.39, 0.29) is 24.5 Å². The number of amides is 1. The number of benzene rings is 3. The van der Waals surface area contributed by atoms with Gasteiger partial charge in [-0.25, -0.2) is 8.42 Å². The summed E-state index contributed by atoms with van der Waals surface area (Å²) in [6.45, 7) is 5.40. The average Bonchev–Trinajstić information content (AvgIpc) is 2.78. The molecule has 0 aromatic heterocycles. The quantitative estimate of drug-likeness (QED) is 0.458. The Bertz CT molecular complexity index is 1250. The number of nitrogens with zero attached hydrogens (tertiary/aromatic N) is 1. The zero-order chi connectivity index (χ0) is 24.9. The highest BCUT2D eigenvalue weighted by molar-refractivity contribution is 7.89. The van der Waals surface area contributed by atoms with Gasteiger partial charge in [-0.05, 0) is 55.7 Å². The van der Waals surface area contributed by atoms with Crippen LogP contribution in [0.2, 0.25) is 5.02 Å². The van der Waals surface area contributed by atoms with E-state index in [1.807, 2.05) is 43.3 Å². The van der Waals surface area contributed by atoms with Gasteiger partial charge in [0.15, 0.2) is 0 Å². The summed E-state index contributed by atoms with van der Waals surface area (Å²) >= 11 is 5.99. The van der Waals surface area contributed by atoms with Crippen LogP contribution in [0.3, 0.4) is 0 Å². The van der Waals surface area contributed by atoms with E-state index in [1.165, 1.54) is 4.31 Å². The number of nitrogens with one attached hydrogen (secondary N) is 1. The van der Waals surface area contributed by atoms with Crippen molar-refractivity contribution in [3.63, 3.8) is 0 Å². The Morgan fingerprint density at radius 2 is 1.62 bits per heavy atom.